The number of amides is 2. The lowest BCUT2D eigenvalue weighted by molar-refractivity contribution is 0.128. The van der Waals surface area contributed by atoms with Crippen molar-refractivity contribution in [1.82, 2.24) is 15.2 Å². The van der Waals surface area contributed by atoms with Crippen molar-refractivity contribution in [3.8, 4) is 0 Å². The molecule has 0 aliphatic heterocycles. The first-order chi connectivity index (χ1) is 9.74. The van der Waals surface area contributed by atoms with Gasteiger partial charge in [-0.15, -0.1) is 0 Å². The lowest BCUT2D eigenvalue weighted by Crippen LogP contribution is -2.37. The van der Waals surface area contributed by atoms with Crippen LogP contribution in [0.1, 0.15) is 31.7 Å². The molecule has 1 aromatic heterocycles. The second kappa shape index (κ2) is 10.2. The Balaban J connectivity index is 2.10. The molecule has 0 unspecified atom stereocenters. The molecule has 2 amide bonds. The van der Waals surface area contributed by atoms with Gasteiger partial charge in [-0.2, -0.15) is 0 Å². The number of pyridine rings is 1. The topological polar surface area (TPSA) is 54.5 Å². The summed E-state index contributed by atoms with van der Waals surface area (Å²) in [4.78, 5) is 17.5. The maximum Gasteiger partial charge on any atom is 0.317 e. The third-order valence-corrected chi connectivity index (χ3v) is 2.90. The molecule has 0 aromatic carbocycles. The fraction of sp³-hybridized carbons (Fsp3) is 0.600. The minimum Gasteiger partial charge on any atom is -0.381 e. The van der Waals surface area contributed by atoms with Crippen LogP contribution in [0.25, 0.3) is 0 Å². The minimum absolute atomic E-state index is 0.0598. The molecule has 1 heterocycles. The summed E-state index contributed by atoms with van der Waals surface area (Å²) < 4.78 is 5.44. The van der Waals surface area contributed by atoms with Gasteiger partial charge in [0, 0.05) is 45.7 Å². The van der Waals surface area contributed by atoms with E-state index in [0.717, 1.165) is 31.4 Å². The predicted molar refractivity (Wildman–Crippen MR) is 79.4 cm³/mol. The number of carbonyl (C=O) groups excluding carboxylic acids is 1. The molecule has 1 rings (SSSR count). The standard InChI is InChI=1S/C15H25N3O2/c1-3-4-11-20-12-5-8-17-15(19)18(2)13-14-6-9-16-10-7-14/h6-7,9-10H,3-5,8,11-13H2,1-2H3,(H,17,19). The van der Waals surface area contributed by atoms with E-state index in [1.807, 2.05) is 12.1 Å². The number of urea groups is 1. The average molecular weight is 279 g/mol. The summed E-state index contributed by atoms with van der Waals surface area (Å²) in [5.41, 5.74) is 1.07. The van der Waals surface area contributed by atoms with Gasteiger partial charge in [0.2, 0.25) is 0 Å². The predicted octanol–water partition coefficient (Wildman–Crippen LogP) is 2.43. The summed E-state index contributed by atoms with van der Waals surface area (Å²) in [5, 5.41) is 2.88. The Morgan fingerprint density at radius 3 is 2.70 bits per heavy atom. The maximum absolute atomic E-state index is 11.8. The van der Waals surface area contributed by atoms with Crippen LogP contribution < -0.4 is 5.32 Å². The van der Waals surface area contributed by atoms with E-state index in [4.69, 9.17) is 4.74 Å². The molecule has 1 aromatic rings. The van der Waals surface area contributed by atoms with E-state index in [-0.39, 0.29) is 6.03 Å². The minimum atomic E-state index is -0.0598. The van der Waals surface area contributed by atoms with Crippen molar-refractivity contribution >= 4 is 6.03 Å². The summed E-state index contributed by atoms with van der Waals surface area (Å²) in [6.45, 7) is 4.88. The normalized spacial score (nSPS) is 10.3. The molecule has 0 fully saturated rings. The molecular formula is C15H25N3O2. The Morgan fingerprint density at radius 1 is 1.30 bits per heavy atom. The van der Waals surface area contributed by atoms with Gasteiger partial charge in [-0.25, -0.2) is 4.79 Å². The van der Waals surface area contributed by atoms with Gasteiger partial charge >= 0.3 is 6.03 Å². The summed E-state index contributed by atoms with van der Waals surface area (Å²) in [7, 11) is 1.79. The molecule has 0 radical (unpaired) electrons. The second-order valence-corrected chi connectivity index (χ2v) is 4.76. The summed E-state index contributed by atoms with van der Waals surface area (Å²) in [6.07, 6.45) is 6.56. The maximum atomic E-state index is 11.8. The van der Waals surface area contributed by atoms with Crippen molar-refractivity contribution < 1.29 is 9.53 Å². The zero-order chi connectivity index (χ0) is 14.6. The van der Waals surface area contributed by atoms with Crippen LogP contribution in [0.5, 0.6) is 0 Å². The fourth-order valence-electron chi connectivity index (χ4n) is 1.69. The first kappa shape index (κ1) is 16.4. The number of carbonyl (C=O) groups is 1. The molecule has 5 nitrogen and oxygen atoms in total. The van der Waals surface area contributed by atoms with E-state index in [9.17, 15) is 4.79 Å². The number of nitrogens with one attached hydrogen (secondary N) is 1. The highest BCUT2D eigenvalue weighted by Gasteiger charge is 2.07. The van der Waals surface area contributed by atoms with Gasteiger partial charge in [0.15, 0.2) is 0 Å². The molecule has 20 heavy (non-hydrogen) atoms. The van der Waals surface area contributed by atoms with Crippen LogP contribution in [-0.4, -0.2) is 42.7 Å². The summed E-state index contributed by atoms with van der Waals surface area (Å²) in [5.74, 6) is 0. The van der Waals surface area contributed by atoms with E-state index in [1.54, 1.807) is 24.3 Å². The Kier molecular flexibility index (Phi) is 8.38. The molecule has 0 atom stereocenters. The van der Waals surface area contributed by atoms with Crippen molar-refractivity contribution in [2.24, 2.45) is 0 Å². The van der Waals surface area contributed by atoms with Gasteiger partial charge in [-0.3, -0.25) is 4.98 Å². The molecule has 0 saturated heterocycles. The first-order valence-corrected chi connectivity index (χ1v) is 7.19. The van der Waals surface area contributed by atoms with Crippen LogP contribution >= 0.6 is 0 Å². The first-order valence-electron chi connectivity index (χ1n) is 7.19. The highest BCUT2D eigenvalue weighted by molar-refractivity contribution is 5.73. The van der Waals surface area contributed by atoms with Crippen molar-refractivity contribution in [2.75, 3.05) is 26.8 Å². The van der Waals surface area contributed by atoms with Crippen LogP contribution in [0.4, 0.5) is 4.79 Å². The van der Waals surface area contributed by atoms with Crippen molar-refractivity contribution in [2.45, 2.75) is 32.7 Å². The Labute approximate surface area is 121 Å². The van der Waals surface area contributed by atoms with Crippen LogP contribution in [0.2, 0.25) is 0 Å². The quantitative estimate of drug-likeness (QED) is 0.706. The molecule has 0 aliphatic carbocycles. The van der Waals surface area contributed by atoms with E-state index in [1.165, 1.54) is 0 Å². The smallest absolute Gasteiger partial charge is 0.317 e. The van der Waals surface area contributed by atoms with Crippen LogP contribution in [0.3, 0.4) is 0 Å². The highest BCUT2D eigenvalue weighted by Crippen LogP contribution is 2.01. The molecule has 0 saturated carbocycles. The van der Waals surface area contributed by atoms with Gasteiger partial charge in [0.1, 0.15) is 0 Å². The third-order valence-electron chi connectivity index (χ3n) is 2.90. The second-order valence-electron chi connectivity index (χ2n) is 4.76. The zero-order valence-corrected chi connectivity index (χ0v) is 12.5. The monoisotopic (exact) mass is 279 g/mol. The number of unbranched alkanes of at least 4 members (excludes halogenated alkanes) is 1. The fourth-order valence-corrected chi connectivity index (χ4v) is 1.69. The van der Waals surface area contributed by atoms with Crippen LogP contribution in [0.15, 0.2) is 24.5 Å². The van der Waals surface area contributed by atoms with Gasteiger partial charge in [0.25, 0.3) is 0 Å². The number of rotatable bonds is 9. The number of ether oxygens (including phenoxy) is 1. The van der Waals surface area contributed by atoms with E-state index in [0.29, 0.717) is 19.7 Å². The summed E-state index contributed by atoms with van der Waals surface area (Å²) in [6, 6.07) is 3.76. The molecule has 0 aliphatic rings. The average Bonchev–Trinajstić information content (AvgIpc) is 2.47. The third kappa shape index (κ3) is 7.09. The van der Waals surface area contributed by atoms with Gasteiger partial charge < -0.3 is 15.0 Å². The lowest BCUT2D eigenvalue weighted by atomic mass is 10.2. The summed E-state index contributed by atoms with van der Waals surface area (Å²) >= 11 is 0. The Hall–Kier alpha value is -1.62. The van der Waals surface area contributed by atoms with Crippen molar-refractivity contribution in [3.05, 3.63) is 30.1 Å². The number of nitrogens with zero attached hydrogens (tertiary/aromatic N) is 2. The van der Waals surface area contributed by atoms with Crippen molar-refractivity contribution in [1.29, 1.82) is 0 Å². The Morgan fingerprint density at radius 2 is 2.00 bits per heavy atom. The number of hydrogen-bond acceptors (Lipinski definition) is 3. The molecule has 1 N–H and O–H groups in total. The van der Waals surface area contributed by atoms with E-state index in [2.05, 4.69) is 17.2 Å². The highest BCUT2D eigenvalue weighted by atomic mass is 16.5. The van der Waals surface area contributed by atoms with Crippen LogP contribution in [-0.2, 0) is 11.3 Å². The largest absolute Gasteiger partial charge is 0.381 e. The van der Waals surface area contributed by atoms with Gasteiger partial charge in [0.05, 0.1) is 0 Å². The van der Waals surface area contributed by atoms with E-state index >= 15 is 0 Å². The van der Waals surface area contributed by atoms with Crippen LogP contribution in [0, 0.1) is 0 Å². The van der Waals surface area contributed by atoms with E-state index < -0.39 is 0 Å². The zero-order valence-electron chi connectivity index (χ0n) is 12.5. The van der Waals surface area contributed by atoms with Gasteiger partial charge in [-0.1, -0.05) is 13.3 Å². The van der Waals surface area contributed by atoms with Gasteiger partial charge in [-0.05, 0) is 30.5 Å². The Bertz CT molecular complexity index is 371. The number of hydrogen-bond donors (Lipinski definition) is 1. The molecule has 0 bridgehead atoms. The molecule has 5 heteroatoms. The lowest BCUT2D eigenvalue weighted by Gasteiger charge is -2.18. The molecule has 0 spiro atoms. The van der Waals surface area contributed by atoms with Crippen molar-refractivity contribution in [3.63, 3.8) is 0 Å². The number of aromatic nitrogens is 1. The molecule has 112 valence electrons. The SMILES string of the molecule is CCCCOCCCNC(=O)N(C)Cc1ccncc1. The molecular weight excluding hydrogens is 254 g/mol.